The van der Waals surface area contributed by atoms with Crippen LogP contribution in [0.15, 0.2) is 0 Å². The minimum Gasteiger partial charge on any atom is -0.392 e. The molecule has 0 aliphatic heterocycles. The molecule has 0 fully saturated rings. The van der Waals surface area contributed by atoms with Crippen molar-refractivity contribution in [1.29, 1.82) is 0 Å². The zero-order chi connectivity index (χ0) is 8.91. The Balaban J connectivity index is 3.82. The van der Waals surface area contributed by atoms with Crippen LogP contribution in [-0.4, -0.2) is 31.9 Å². The highest BCUT2D eigenvalue weighted by Gasteiger charge is 2.11. The van der Waals surface area contributed by atoms with Gasteiger partial charge in [-0.05, 0) is 13.3 Å². The van der Waals surface area contributed by atoms with Crippen LogP contribution >= 0.6 is 0 Å². The number of hydrogen-bond donors (Lipinski definition) is 2. The molecule has 0 aliphatic rings. The van der Waals surface area contributed by atoms with Gasteiger partial charge in [-0.1, -0.05) is 6.92 Å². The summed E-state index contributed by atoms with van der Waals surface area (Å²) in [5.41, 5.74) is 0. The Kier molecular flexibility index (Phi) is 4.63. The van der Waals surface area contributed by atoms with Gasteiger partial charge in [-0.2, -0.15) is 0 Å². The summed E-state index contributed by atoms with van der Waals surface area (Å²) in [6, 6.07) is 0. The number of hydrogen-bond acceptors (Lipinski definition) is 3. The molecule has 5 heteroatoms. The van der Waals surface area contributed by atoms with E-state index in [0.717, 1.165) is 6.42 Å². The normalized spacial score (nSPS) is 14.8. The fraction of sp³-hybridized carbons (Fsp3) is 1.00. The number of aliphatic hydroxyl groups is 1. The van der Waals surface area contributed by atoms with Gasteiger partial charge in [0.25, 0.3) is 0 Å². The van der Waals surface area contributed by atoms with Crippen LogP contribution in [0.25, 0.3) is 0 Å². The molecule has 0 amide bonds. The summed E-state index contributed by atoms with van der Waals surface area (Å²) in [6.07, 6.45) is -0.0386. The van der Waals surface area contributed by atoms with Crippen LogP contribution in [0.5, 0.6) is 0 Å². The summed E-state index contributed by atoms with van der Waals surface area (Å²) in [4.78, 5) is 0. The topological polar surface area (TPSA) is 66.4 Å². The van der Waals surface area contributed by atoms with Crippen molar-refractivity contribution in [2.75, 3.05) is 12.3 Å². The predicted octanol–water partition coefficient (Wildman–Crippen LogP) is -0.303. The fourth-order valence-electron chi connectivity index (χ4n) is 0.634. The molecule has 1 atom stereocenters. The smallest absolute Gasteiger partial charge is 0.214 e. The van der Waals surface area contributed by atoms with Crippen LogP contribution in [0.2, 0.25) is 0 Å². The quantitative estimate of drug-likeness (QED) is 0.612. The van der Waals surface area contributed by atoms with Crippen molar-refractivity contribution in [3.05, 3.63) is 0 Å². The third-order valence-corrected chi connectivity index (χ3v) is 2.60. The maximum atomic E-state index is 10.9. The Morgan fingerprint density at radius 3 is 2.45 bits per heavy atom. The Hall–Kier alpha value is -0.130. The van der Waals surface area contributed by atoms with Crippen molar-refractivity contribution in [2.24, 2.45) is 0 Å². The maximum absolute atomic E-state index is 10.9. The molecular formula is C6H15NO3S. The first kappa shape index (κ1) is 10.9. The van der Waals surface area contributed by atoms with Crippen LogP contribution in [-0.2, 0) is 10.0 Å². The summed E-state index contributed by atoms with van der Waals surface area (Å²) in [6.45, 7) is 3.77. The molecule has 0 radical (unpaired) electrons. The van der Waals surface area contributed by atoms with E-state index in [2.05, 4.69) is 4.72 Å². The lowest BCUT2D eigenvalue weighted by atomic mass is 10.5. The minimum absolute atomic E-state index is 0.215. The van der Waals surface area contributed by atoms with Gasteiger partial charge in [0.15, 0.2) is 0 Å². The Morgan fingerprint density at radius 1 is 1.55 bits per heavy atom. The van der Waals surface area contributed by atoms with E-state index in [1.165, 1.54) is 6.92 Å². The van der Waals surface area contributed by atoms with E-state index in [-0.39, 0.29) is 5.75 Å². The second kappa shape index (κ2) is 4.69. The van der Waals surface area contributed by atoms with E-state index in [4.69, 9.17) is 5.11 Å². The summed E-state index contributed by atoms with van der Waals surface area (Å²) in [5, 5.41) is 8.77. The van der Waals surface area contributed by atoms with E-state index in [1.807, 2.05) is 6.92 Å². The van der Waals surface area contributed by atoms with Gasteiger partial charge in [0.2, 0.25) is 10.0 Å². The second-order valence-electron chi connectivity index (χ2n) is 2.52. The number of rotatable bonds is 5. The first-order chi connectivity index (χ1) is 4.98. The third kappa shape index (κ3) is 6.28. The van der Waals surface area contributed by atoms with Gasteiger partial charge in [-0.15, -0.1) is 0 Å². The fourth-order valence-corrected chi connectivity index (χ4v) is 1.90. The molecule has 0 saturated carbocycles. The lowest BCUT2D eigenvalue weighted by Crippen LogP contribution is -2.31. The number of aliphatic hydroxyl groups excluding tert-OH is 1. The van der Waals surface area contributed by atoms with Gasteiger partial charge in [-0.3, -0.25) is 0 Å². The summed E-state index contributed by atoms with van der Waals surface area (Å²) in [5.74, 6) is -0.215. The third-order valence-electron chi connectivity index (χ3n) is 1.03. The molecule has 0 aliphatic carbocycles. The molecule has 0 aromatic heterocycles. The molecule has 2 N–H and O–H groups in total. The summed E-state index contributed by atoms with van der Waals surface area (Å²) in [7, 11) is -3.24. The second-order valence-corrected chi connectivity index (χ2v) is 4.38. The molecule has 0 saturated heterocycles. The summed E-state index contributed by atoms with van der Waals surface area (Å²) >= 11 is 0. The average molecular weight is 181 g/mol. The average Bonchev–Trinajstić information content (AvgIpc) is 1.81. The molecule has 4 nitrogen and oxygen atoms in total. The SMILES string of the molecule is CCCNS(=O)(=O)CC(C)O. The Bertz CT molecular complexity index is 186. The van der Waals surface area contributed by atoms with Gasteiger partial charge in [0, 0.05) is 6.54 Å². The first-order valence-corrected chi connectivity index (χ1v) is 5.28. The van der Waals surface area contributed by atoms with Crippen molar-refractivity contribution in [1.82, 2.24) is 4.72 Å². The minimum atomic E-state index is -3.24. The van der Waals surface area contributed by atoms with Gasteiger partial charge >= 0.3 is 0 Å². The zero-order valence-corrected chi connectivity index (χ0v) is 7.69. The Morgan fingerprint density at radius 2 is 2.09 bits per heavy atom. The van der Waals surface area contributed by atoms with Gasteiger partial charge < -0.3 is 5.11 Å². The lowest BCUT2D eigenvalue weighted by Gasteiger charge is -2.06. The van der Waals surface area contributed by atoms with Crippen molar-refractivity contribution < 1.29 is 13.5 Å². The monoisotopic (exact) mass is 181 g/mol. The molecule has 0 heterocycles. The molecule has 68 valence electrons. The van der Waals surface area contributed by atoms with E-state index in [9.17, 15) is 8.42 Å². The van der Waals surface area contributed by atoms with E-state index in [0.29, 0.717) is 6.54 Å². The van der Waals surface area contributed by atoms with Crippen LogP contribution in [0.4, 0.5) is 0 Å². The van der Waals surface area contributed by atoms with Crippen molar-refractivity contribution in [2.45, 2.75) is 26.4 Å². The van der Waals surface area contributed by atoms with Crippen LogP contribution < -0.4 is 4.72 Å². The predicted molar refractivity (Wildman–Crippen MR) is 43.8 cm³/mol. The largest absolute Gasteiger partial charge is 0.392 e. The highest BCUT2D eigenvalue weighted by Crippen LogP contribution is 1.89. The van der Waals surface area contributed by atoms with Crippen molar-refractivity contribution in [3.63, 3.8) is 0 Å². The molecular weight excluding hydrogens is 166 g/mol. The van der Waals surface area contributed by atoms with E-state index >= 15 is 0 Å². The Labute approximate surface area is 67.7 Å². The van der Waals surface area contributed by atoms with Crippen LogP contribution in [0, 0.1) is 0 Å². The first-order valence-electron chi connectivity index (χ1n) is 3.63. The molecule has 11 heavy (non-hydrogen) atoms. The van der Waals surface area contributed by atoms with Crippen LogP contribution in [0.1, 0.15) is 20.3 Å². The molecule has 0 aromatic carbocycles. The van der Waals surface area contributed by atoms with E-state index in [1.54, 1.807) is 0 Å². The molecule has 0 aromatic rings. The lowest BCUT2D eigenvalue weighted by molar-refractivity contribution is 0.217. The van der Waals surface area contributed by atoms with Crippen LogP contribution in [0.3, 0.4) is 0 Å². The highest BCUT2D eigenvalue weighted by atomic mass is 32.2. The highest BCUT2D eigenvalue weighted by molar-refractivity contribution is 7.89. The molecule has 1 unspecified atom stereocenters. The molecule has 0 bridgehead atoms. The maximum Gasteiger partial charge on any atom is 0.214 e. The molecule has 0 rings (SSSR count). The molecule has 0 spiro atoms. The summed E-state index contributed by atoms with van der Waals surface area (Å²) < 4.78 is 24.2. The van der Waals surface area contributed by atoms with Crippen molar-refractivity contribution in [3.8, 4) is 0 Å². The van der Waals surface area contributed by atoms with Crippen molar-refractivity contribution >= 4 is 10.0 Å². The number of nitrogens with one attached hydrogen (secondary N) is 1. The standard InChI is InChI=1S/C6H15NO3S/c1-3-4-7-11(9,10)5-6(2)8/h6-8H,3-5H2,1-2H3. The zero-order valence-electron chi connectivity index (χ0n) is 6.87. The van der Waals surface area contributed by atoms with Gasteiger partial charge in [0.1, 0.15) is 0 Å². The van der Waals surface area contributed by atoms with Gasteiger partial charge in [-0.25, -0.2) is 13.1 Å². The number of sulfonamides is 1. The van der Waals surface area contributed by atoms with E-state index < -0.39 is 16.1 Å². The van der Waals surface area contributed by atoms with Gasteiger partial charge in [0.05, 0.1) is 11.9 Å².